The first-order valence-electron chi connectivity index (χ1n) is 10.4. The van der Waals surface area contributed by atoms with E-state index < -0.39 is 17.9 Å². The van der Waals surface area contributed by atoms with Gasteiger partial charge in [-0.2, -0.15) is 5.26 Å². The average Bonchev–Trinajstić information content (AvgIpc) is 2.87. The van der Waals surface area contributed by atoms with Crippen molar-refractivity contribution in [1.29, 1.82) is 5.26 Å². The van der Waals surface area contributed by atoms with Crippen LogP contribution in [0.4, 0.5) is 11.4 Å². The SMILES string of the molecule is COC(=O)C1=C(C(=O)OC)N(c2cc(NC(C)=O)ccc2OC)C(N)=C(C#N)C1c1ccccc1. The summed E-state index contributed by atoms with van der Waals surface area (Å²) < 4.78 is 15.5. The second-order valence-corrected chi connectivity index (χ2v) is 7.40. The standard InChI is InChI=1S/C25H24N4O6/c1-14(30)28-16-10-11-19(33-2)18(12-16)29-22(25(32)35-4)21(24(31)34-3)20(17(13-26)23(29)27)15-8-6-5-7-9-15/h5-12,20H,27H2,1-4H3,(H,28,30). The molecule has 0 bridgehead atoms. The molecule has 0 aliphatic carbocycles. The summed E-state index contributed by atoms with van der Waals surface area (Å²) in [6.07, 6.45) is 0. The molecule has 1 atom stereocenters. The fourth-order valence-electron chi connectivity index (χ4n) is 3.91. The van der Waals surface area contributed by atoms with Gasteiger partial charge in [-0.15, -0.1) is 0 Å². The van der Waals surface area contributed by atoms with Gasteiger partial charge in [-0.05, 0) is 23.8 Å². The van der Waals surface area contributed by atoms with Crippen LogP contribution in [0.3, 0.4) is 0 Å². The minimum atomic E-state index is -0.997. The molecule has 10 heteroatoms. The number of carbonyl (C=O) groups is 3. The molecule has 3 N–H and O–H groups in total. The van der Waals surface area contributed by atoms with E-state index >= 15 is 0 Å². The number of allylic oxidation sites excluding steroid dienone is 1. The van der Waals surface area contributed by atoms with Crippen LogP contribution < -0.4 is 20.7 Å². The van der Waals surface area contributed by atoms with Gasteiger partial charge in [-0.3, -0.25) is 9.69 Å². The van der Waals surface area contributed by atoms with Gasteiger partial charge in [0.05, 0.1) is 50.2 Å². The maximum atomic E-state index is 13.2. The first kappa shape index (κ1) is 24.9. The Bertz CT molecular complexity index is 1280. The lowest BCUT2D eigenvalue weighted by molar-refractivity contribution is -0.139. The van der Waals surface area contributed by atoms with Crippen LogP contribution in [-0.4, -0.2) is 39.2 Å². The van der Waals surface area contributed by atoms with E-state index in [1.807, 2.05) is 0 Å². The summed E-state index contributed by atoms with van der Waals surface area (Å²) in [7, 11) is 3.73. The van der Waals surface area contributed by atoms with E-state index in [9.17, 15) is 19.6 Å². The molecule has 1 aliphatic rings. The average molecular weight is 476 g/mol. The van der Waals surface area contributed by atoms with Crippen molar-refractivity contribution in [2.75, 3.05) is 31.5 Å². The molecule has 0 radical (unpaired) electrons. The van der Waals surface area contributed by atoms with Gasteiger partial charge in [0.15, 0.2) is 0 Å². The highest BCUT2D eigenvalue weighted by atomic mass is 16.5. The van der Waals surface area contributed by atoms with Crippen molar-refractivity contribution < 1.29 is 28.6 Å². The van der Waals surface area contributed by atoms with Gasteiger partial charge < -0.3 is 25.3 Å². The van der Waals surface area contributed by atoms with Crippen molar-refractivity contribution in [2.45, 2.75) is 12.8 Å². The van der Waals surface area contributed by atoms with E-state index in [1.165, 1.54) is 32.1 Å². The number of hydrogen-bond acceptors (Lipinski definition) is 9. The number of hydrogen-bond donors (Lipinski definition) is 2. The molecule has 1 amide bonds. The first-order chi connectivity index (χ1) is 16.8. The number of carbonyl (C=O) groups excluding carboxylic acids is 3. The molecule has 1 unspecified atom stereocenters. The van der Waals surface area contributed by atoms with Crippen molar-refractivity contribution in [3.8, 4) is 11.8 Å². The molecule has 0 aromatic heterocycles. The summed E-state index contributed by atoms with van der Waals surface area (Å²) in [5.41, 5.74) is 7.24. The number of benzene rings is 2. The third kappa shape index (κ3) is 4.65. The van der Waals surface area contributed by atoms with Crippen molar-refractivity contribution in [3.63, 3.8) is 0 Å². The van der Waals surface area contributed by atoms with Crippen molar-refractivity contribution >= 4 is 29.2 Å². The monoisotopic (exact) mass is 476 g/mol. The van der Waals surface area contributed by atoms with Crippen LogP contribution in [0.15, 0.2) is 71.2 Å². The molecule has 35 heavy (non-hydrogen) atoms. The van der Waals surface area contributed by atoms with Gasteiger partial charge in [0, 0.05) is 12.6 Å². The smallest absolute Gasteiger partial charge is 0.355 e. The number of nitrogens with zero attached hydrogens (tertiary/aromatic N) is 2. The number of rotatable bonds is 6. The lowest BCUT2D eigenvalue weighted by Gasteiger charge is -2.36. The first-order valence-corrected chi connectivity index (χ1v) is 10.4. The molecule has 3 rings (SSSR count). The quantitative estimate of drug-likeness (QED) is 0.601. The fraction of sp³-hybridized carbons (Fsp3) is 0.200. The van der Waals surface area contributed by atoms with E-state index in [1.54, 1.807) is 42.5 Å². The molecular formula is C25H24N4O6. The summed E-state index contributed by atoms with van der Waals surface area (Å²) in [5.74, 6) is -2.93. The largest absolute Gasteiger partial charge is 0.495 e. The van der Waals surface area contributed by atoms with E-state index in [0.29, 0.717) is 11.3 Å². The third-order valence-electron chi connectivity index (χ3n) is 5.35. The zero-order valence-electron chi connectivity index (χ0n) is 19.6. The van der Waals surface area contributed by atoms with Crippen LogP contribution in [0.2, 0.25) is 0 Å². The van der Waals surface area contributed by atoms with Gasteiger partial charge in [-0.25, -0.2) is 9.59 Å². The topological polar surface area (TPSA) is 144 Å². The number of nitriles is 1. The zero-order valence-corrected chi connectivity index (χ0v) is 19.6. The third-order valence-corrected chi connectivity index (χ3v) is 5.35. The Morgan fingerprint density at radius 3 is 2.23 bits per heavy atom. The highest BCUT2D eigenvalue weighted by molar-refractivity contribution is 6.07. The molecule has 10 nitrogen and oxygen atoms in total. The molecule has 2 aromatic carbocycles. The number of anilines is 2. The molecule has 0 saturated carbocycles. The maximum Gasteiger partial charge on any atom is 0.355 e. The minimum Gasteiger partial charge on any atom is -0.495 e. The van der Waals surface area contributed by atoms with Crippen LogP contribution in [0.5, 0.6) is 5.75 Å². The molecule has 0 saturated heterocycles. The Balaban J connectivity index is 2.44. The molecule has 1 aliphatic heterocycles. The highest BCUT2D eigenvalue weighted by Crippen LogP contribution is 2.45. The number of ether oxygens (including phenoxy) is 3. The summed E-state index contributed by atoms with van der Waals surface area (Å²) in [4.78, 5) is 39.1. The van der Waals surface area contributed by atoms with Crippen molar-refractivity contribution in [3.05, 3.63) is 76.8 Å². The van der Waals surface area contributed by atoms with Crippen LogP contribution >= 0.6 is 0 Å². The van der Waals surface area contributed by atoms with Gasteiger partial charge in [0.25, 0.3) is 0 Å². The lowest BCUT2D eigenvalue weighted by Crippen LogP contribution is -2.41. The number of nitrogens with one attached hydrogen (secondary N) is 1. The van der Waals surface area contributed by atoms with Crippen molar-refractivity contribution in [2.24, 2.45) is 5.73 Å². The second kappa shape index (κ2) is 10.4. The fourth-order valence-corrected chi connectivity index (χ4v) is 3.91. The maximum absolute atomic E-state index is 13.2. The minimum absolute atomic E-state index is 0.0104. The van der Waals surface area contributed by atoms with E-state index in [-0.39, 0.29) is 40.0 Å². The van der Waals surface area contributed by atoms with Crippen molar-refractivity contribution in [1.82, 2.24) is 0 Å². The number of nitrogens with two attached hydrogens (primary N) is 1. The number of amides is 1. The van der Waals surface area contributed by atoms with E-state index in [4.69, 9.17) is 19.9 Å². The van der Waals surface area contributed by atoms with Crippen LogP contribution in [-0.2, 0) is 23.9 Å². The molecule has 2 aromatic rings. The predicted octanol–water partition coefficient (Wildman–Crippen LogP) is 2.55. The molecular weight excluding hydrogens is 452 g/mol. The Kier molecular flexibility index (Phi) is 7.41. The van der Waals surface area contributed by atoms with Crippen LogP contribution in [0, 0.1) is 11.3 Å². The van der Waals surface area contributed by atoms with E-state index in [2.05, 4.69) is 11.4 Å². The van der Waals surface area contributed by atoms with Gasteiger partial charge in [0.1, 0.15) is 17.3 Å². The van der Waals surface area contributed by atoms with Gasteiger partial charge in [-0.1, -0.05) is 30.3 Å². The molecule has 1 heterocycles. The Morgan fingerprint density at radius 2 is 1.69 bits per heavy atom. The molecule has 180 valence electrons. The van der Waals surface area contributed by atoms with Crippen LogP contribution in [0.1, 0.15) is 18.4 Å². The predicted molar refractivity (Wildman–Crippen MR) is 127 cm³/mol. The zero-order chi connectivity index (χ0) is 25.7. The number of esters is 2. The second-order valence-electron chi connectivity index (χ2n) is 7.40. The summed E-state index contributed by atoms with van der Waals surface area (Å²) in [6.45, 7) is 1.34. The van der Waals surface area contributed by atoms with Gasteiger partial charge in [0.2, 0.25) is 5.91 Å². The Labute approximate surface area is 202 Å². The lowest BCUT2D eigenvalue weighted by atomic mass is 9.81. The molecule has 0 spiro atoms. The molecule has 0 fully saturated rings. The summed E-state index contributed by atoms with van der Waals surface area (Å²) in [6, 6.07) is 15.4. The van der Waals surface area contributed by atoms with E-state index in [0.717, 1.165) is 7.11 Å². The van der Waals surface area contributed by atoms with Crippen LogP contribution in [0.25, 0.3) is 0 Å². The summed E-state index contributed by atoms with van der Waals surface area (Å²) >= 11 is 0. The Morgan fingerprint density at radius 1 is 1.03 bits per heavy atom. The highest BCUT2D eigenvalue weighted by Gasteiger charge is 2.43. The van der Waals surface area contributed by atoms with Gasteiger partial charge >= 0.3 is 11.9 Å². The summed E-state index contributed by atoms with van der Waals surface area (Å²) in [5, 5.41) is 12.8. The Hall–Kier alpha value is -4.78. The number of methoxy groups -OCH3 is 3. The normalized spacial score (nSPS) is 15.3.